The molecule has 0 aliphatic heterocycles. The summed E-state index contributed by atoms with van der Waals surface area (Å²) in [4.78, 5) is 10.9. The van der Waals surface area contributed by atoms with Crippen LogP contribution in [0.4, 0.5) is 0 Å². The van der Waals surface area contributed by atoms with Crippen molar-refractivity contribution in [2.45, 2.75) is 19.8 Å². The molecule has 0 saturated heterocycles. The van der Waals surface area contributed by atoms with Crippen LogP contribution in [0, 0.1) is 5.92 Å². The molecule has 3 nitrogen and oxygen atoms in total. The van der Waals surface area contributed by atoms with Gasteiger partial charge in [0.05, 0.1) is 6.61 Å². The summed E-state index contributed by atoms with van der Waals surface area (Å²) in [6.45, 7) is 2.15. The van der Waals surface area contributed by atoms with E-state index in [0.717, 1.165) is 12.8 Å². The number of carbonyl (C=O) groups excluding carboxylic acids is 1. The number of nitrogens with two attached hydrogens (primary N) is 1. The van der Waals surface area contributed by atoms with Gasteiger partial charge in [-0.05, 0) is 25.7 Å². The summed E-state index contributed by atoms with van der Waals surface area (Å²) >= 11 is 0. The number of rotatable bonds is 3. The van der Waals surface area contributed by atoms with Crippen LogP contribution in [-0.4, -0.2) is 12.6 Å². The van der Waals surface area contributed by atoms with E-state index in [4.69, 9.17) is 10.5 Å². The monoisotopic (exact) mass is 155 g/mol. The van der Waals surface area contributed by atoms with E-state index in [1.165, 1.54) is 0 Å². The number of ether oxygens (including phenoxy) is 1. The van der Waals surface area contributed by atoms with Crippen molar-refractivity contribution in [2.75, 3.05) is 6.61 Å². The van der Waals surface area contributed by atoms with E-state index < -0.39 is 0 Å². The quantitative estimate of drug-likeness (QED) is 0.484. The highest BCUT2D eigenvalue weighted by Gasteiger charge is 2.20. The Kier molecular flexibility index (Phi) is 2.52. The maximum Gasteiger partial charge on any atom is 0.353 e. The first-order chi connectivity index (χ1) is 5.24. The Morgan fingerprint density at radius 2 is 2.36 bits per heavy atom. The Morgan fingerprint density at radius 3 is 2.82 bits per heavy atom. The van der Waals surface area contributed by atoms with Crippen LogP contribution < -0.4 is 5.73 Å². The highest BCUT2D eigenvalue weighted by Crippen LogP contribution is 2.30. The van der Waals surface area contributed by atoms with Gasteiger partial charge < -0.3 is 10.5 Å². The lowest BCUT2D eigenvalue weighted by Crippen LogP contribution is -2.14. The molecule has 0 bridgehead atoms. The molecule has 0 aromatic carbocycles. The van der Waals surface area contributed by atoms with Crippen LogP contribution in [0.3, 0.4) is 0 Å². The van der Waals surface area contributed by atoms with E-state index in [2.05, 4.69) is 0 Å². The third-order valence-electron chi connectivity index (χ3n) is 1.55. The highest BCUT2D eigenvalue weighted by molar-refractivity contribution is 5.87. The summed E-state index contributed by atoms with van der Waals surface area (Å²) in [6, 6.07) is 0. The summed E-state index contributed by atoms with van der Waals surface area (Å²) in [5.74, 6) is 0.138. The molecule has 0 unspecified atom stereocenters. The number of hydrogen-bond acceptors (Lipinski definition) is 3. The van der Waals surface area contributed by atoms with Crippen molar-refractivity contribution in [2.24, 2.45) is 11.7 Å². The zero-order valence-corrected chi connectivity index (χ0v) is 6.67. The van der Waals surface area contributed by atoms with Gasteiger partial charge in [0, 0.05) is 0 Å². The van der Waals surface area contributed by atoms with Crippen LogP contribution in [0.2, 0.25) is 0 Å². The second-order valence-electron chi connectivity index (χ2n) is 2.68. The molecule has 1 aliphatic rings. The average molecular weight is 155 g/mol. The number of carbonyl (C=O) groups is 1. The van der Waals surface area contributed by atoms with Crippen molar-refractivity contribution >= 4 is 5.97 Å². The molecule has 0 spiro atoms. The second-order valence-corrected chi connectivity index (χ2v) is 2.68. The lowest BCUT2D eigenvalue weighted by atomic mass is 10.3. The fourth-order valence-electron chi connectivity index (χ4n) is 0.799. The standard InChI is InChI=1S/C8H13NO2/c1-2-11-8(10)7(9)5-6-3-4-6/h5-6H,2-4,9H2,1H3. The van der Waals surface area contributed by atoms with Crippen molar-refractivity contribution < 1.29 is 9.53 Å². The molecule has 1 aliphatic carbocycles. The van der Waals surface area contributed by atoms with Gasteiger partial charge in [0.1, 0.15) is 5.70 Å². The van der Waals surface area contributed by atoms with E-state index in [1.807, 2.05) is 0 Å². The van der Waals surface area contributed by atoms with Gasteiger partial charge >= 0.3 is 5.97 Å². The van der Waals surface area contributed by atoms with Crippen LogP contribution in [0.15, 0.2) is 11.8 Å². The molecule has 0 atom stereocenters. The van der Waals surface area contributed by atoms with E-state index >= 15 is 0 Å². The van der Waals surface area contributed by atoms with Gasteiger partial charge in [-0.15, -0.1) is 0 Å². The lowest BCUT2D eigenvalue weighted by Gasteiger charge is -1.99. The van der Waals surface area contributed by atoms with Crippen molar-refractivity contribution in [1.82, 2.24) is 0 Å². The molecule has 1 saturated carbocycles. The zero-order chi connectivity index (χ0) is 8.27. The van der Waals surface area contributed by atoms with Gasteiger partial charge in [-0.2, -0.15) is 0 Å². The van der Waals surface area contributed by atoms with E-state index in [1.54, 1.807) is 13.0 Å². The molecule has 0 aromatic rings. The SMILES string of the molecule is CCOC(=O)C(N)=CC1CC1. The first-order valence-corrected chi connectivity index (χ1v) is 3.88. The maximum atomic E-state index is 10.9. The first-order valence-electron chi connectivity index (χ1n) is 3.88. The Hall–Kier alpha value is -0.990. The average Bonchev–Trinajstić information content (AvgIpc) is 2.72. The summed E-state index contributed by atoms with van der Waals surface area (Å²) in [6.07, 6.45) is 4.10. The molecular formula is C8H13NO2. The molecule has 1 fully saturated rings. The van der Waals surface area contributed by atoms with Crippen LogP contribution in [0.1, 0.15) is 19.8 Å². The van der Waals surface area contributed by atoms with Crippen LogP contribution in [0.25, 0.3) is 0 Å². The molecule has 0 aromatic heterocycles. The molecule has 0 radical (unpaired) electrons. The van der Waals surface area contributed by atoms with Gasteiger partial charge in [0.25, 0.3) is 0 Å². The van der Waals surface area contributed by atoms with E-state index in [0.29, 0.717) is 12.5 Å². The fraction of sp³-hybridized carbons (Fsp3) is 0.625. The molecule has 11 heavy (non-hydrogen) atoms. The topological polar surface area (TPSA) is 52.3 Å². The summed E-state index contributed by atoms with van der Waals surface area (Å²) in [7, 11) is 0. The number of allylic oxidation sites excluding steroid dienone is 1. The number of esters is 1. The highest BCUT2D eigenvalue weighted by atomic mass is 16.5. The minimum absolute atomic E-state index is 0.259. The van der Waals surface area contributed by atoms with Crippen LogP contribution >= 0.6 is 0 Å². The molecule has 3 heteroatoms. The summed E-state index contributed by atoms with van der Waals surface area (Å²) in [5, 5.41) is 0. The third kappa shape index (κ3) is 2.62. The minimum Gasteiger partial charge on any atom is -0.461 e. The van der Waals surface area contributed by atoms with Crippen LogP contribution in [0.5, 0.6) is 0 Å². The van der Waals surface area contributed by atoms with E-state index in [9.17, 15) is 4.79 Å². The predicted molar refractivity (Wildman–Crippen MR) is 41.6 cm³/mol. The van der Waals surface area contributed by atoms with Crippen molar-refractivity contribution in [3.8, 4) is 0 Å². The van der Waals surface area contributed by atoms with Gasteiger partial charge in [0.2, 0.25) is 0 Å². The molecule has 62 valence electrons. The smallest absolute Gasteiger partial charge is 0.353 e. The van der Waals surface area contributed by atoms with Crippen molar-refractivity contribution in [1.29, 1.82) is 0 Å². The minimum atomic E-state index is -0.389. The number of hydrogen-bond donors (Lipinski definition) is 1. The fourth-order valence-corrected chi connectivity index (χ4v) is 0.799. The van der Waals surface area contributed by atoms with E-state index in [-0.39, 0.29) is 11.7 Å². The van der Waals surface area contributed by atoms with Crippen molar-refractivity contribution in [3.05, 3.63) is 11.8 Å². The molecule has 0 heterocycles. The molecule has 0 amide bonds. The molecule has 1 rings (SSSR count). The predicted octanol–water partition coefficient (Wildman–Crippen LogP) is 0.802. The van der Waals surface area contributed by atoms with Gasteiger partial charge in [-0.25, -0.2) is 4.79 Å². The second kappa shape index (κ2) is 3.42. The van der Waals surface area contributed by atoms with Crippen LogP contribution in [-0.2, 0) is 9.53 Å². The first kappa shape index (κ1) is 8.11. The van der Waals surface area contributed by atoms with Gasteiger partial charge in [0.15, 0.2) is 0 Å². The Bertz CT molecular complexity index is 183. The van der Waals surface area contributed by atoms with Crippen molar-refractivity contribution in [3.63, 3.8) is 0 Å². The van der Waals surface area contributed by atoms with Gasteiger partial charge in [-0.1, -0.05) is 6.08 Å². The third-order valence-corrected chi connectivity index (χ3v) is 1.55. The zero-order valence-electron chi connectivity index (χ0n) is 6.67. The summed E-state index contributed by atoms with van der Waals surface area (Å²) < 4.78 is 4.70. The summed E-state index contributed by atoms with van der Waals surface area (Å²) in [5.41, 5.74) is 5.69. The Morgan fingerprint density at radius 1 is 1.73 bits per heavy atom. The maximum absolute atomic E-state index is 10.9. The molecular weight excluding hydrogens is 142 g/mol. The Labute approximate surface area is 66.2 Å². The lowest BCUT2D eigenvalue weighted by molar-refractivity contribution is -0.138. The Balaban J connectivity index is 2.37. The van der Waals surface area contributed by atoms with Gasteiger partial charge in [-0.3, -0.25) is 0 Å². The largest absolute Gasteiger partial charge is 0.461 e. The normalized spacial score (nSPS) is 18.1. The molecule has 2 N–H and O–H groups in total.